The maximum Gasteiger partial charge on any atom is 0.224 e. The van der Waals surface area contributed by atoms with Crippen LogP contribution in [0.3, 0.4) is 0 Å². The van der Waals surface area contributed by atoms with Crippen molar-refractivity contribution < 1.29 is 4.79 Å². The Kier molecular flexibility index (Phi) is 5.97. The monoisotopic (exact) mass is 496 g/mol. The van der Waals surface area contributed by atoms with Crippen molar-refractivity contribution in [3.63, 3.8) is 0 Å². The maximum atomic E-state index is 12.0. The molecule has 0 bridgehead atoms. The number of nitrogens with one attached hydrogen (secondary N) is 3. The third-order valence-corrected chi connectivity index (χ3v) is 6.70. The van der Waals surface area contributed by atoms with Crippen molar-refractivity contribution in [3.05, 3.63) is 43.1 Å². The molecular weight excluding hydrogens is 468 g/mol. The Morgan fingerprint density at radius 2 is 1.84 bits per heavy atom. The highest BCUT2D eigenvalue weighted by molar-refractivity contribution is 5.96. The lowest BCUT2D eigenvalue weighted by Crippen LogP contribution is -2.44. The third kappa shape index (κ3) is 4.49. The number of hydrogen-bond donors (Lipinski definition) is 3. The van der Waals surface area contributed by atoms with Crippen molar-refractivity contribution in [1.82, 2.24) is 40.0 Å². The zero-order valence-corrected chi connectivity index (χ0v) is 20.8. The Hall–Kier alpha value is -4.38. The Balaban J connectivity index is 1.35. The number of aromatic amines is 2. The van der Waals surface area contributed by atoms with Crippen LogP contribution in [0.5, 0.6) is 0 Å². The second kappa shape index (κ2) is 9.58. The zero-order valence-electron chi connectivity index (χ0n) is 20.8. The number of amides is 1. The van der Waals surface area contributed by atoms with E-state index in [-0.39, 0.29) is 5.91 Å². The summed E-state index contributed by atoms with van der Waals surface area (Å²) in [6, 6.07) is 3.92. The molecule has 188 valence electrons. The molecule has 0 saturated carbocycles. The fourth-order valence-electron chi connectivity index (χ4n) is 4.67. The molecule has 37 heavy (non-hydrogen) atoms. The number of nitrogens with zero attached hydrogens (tertiary/aromatic N) is 7. The Bertz CT molecular complexity index is 1580. The van der Waals surface area contributed by atoms with Gasteiger partial charge < -0.3 is 20.1 Å². The van der Waals surface area contributed by atoms with Crippen molar-refractivity contribution in [2.45, 2.75) is 19.8 Å². The molecule has 1 aliphatic rings. The molecule has 0 atom stereocenters. The van der Waals surface area contributed by atoms with Crippen molar-refractivity contribution in [1.29, 1.82) is 0 Å². The second-order valence-electron chi connectivity index (χ2n) is 9.38. The lowest BCUT2D eigenvalue weighted by Gasteiger charge is -2.33. The van der Waals surface area contributed by atoms with E-state index in [0.717, 1.165) is 71.5 Å². The first-order valence-electron chi connectivity index (χ1n) is 12.5. The van der Waals surface area contributed by atoms with Crippen molar-refractivity contribution in [2.75, 3.05) is 43.4 Å². The van der Waals surface area contributed by atoms with Gasteiger partial charge in [-0.2, -0.15) is 5.10 Å². The van der Waals surface area contributed by atoms with E-state index in [0.29, 0.717) is 23.6 Å². The number of carbonyl (C=O) groups excluding carboxylic acids is 1. The predicted molar refractivity (Wildman–Crippen MR) is 143 cm³/mol. The fourth-order valence-corrected chi connectivity index (χ4v) is 4.67. The molecule has 0 radical (unpaired) electrons. The molecule has 1 amide bonds. The summed E-state index contributed by atoms with van der Waals surface area (Å²) >= 11 is 0. The van der Waals surface area contributed by atoms with Crippen LogP contribution in [-0.2, 0) is 4.79 Å². The average Bonchev–Trinajstić information content (AvgIpc) is 3.53. The molecule has 11 nitrogen and oxygen atoms in total. The molecule has 5 aromatic heterocycles. The van der Waals surface area contributed by atoms with Crippen LogP contribution in [0.4, 0.5) is 11.4 Å². The molecule has 6 rings (SSSR count). The summed E-state index contributed by atoms with van der Waals surface area (Å²) in [5.41, 5.74) is 6.52. The number of piperazine rings is 1. The Morgan fingerprint density at radius 1 is 1.03 bits per heavy atom. The minimum Gasteiger partial charge on any atom is -0.366 e. The second-order valence-corrected chi connectivity index (χ2v) is 9.38. The van der Waals surface area contributed by atoms with Gasteiger partial charge in [0.1, 0.15) is 11.2 Å². The summed E-state index contributed by atoms with van der Waals surface area (Å²) in [5.74, 6) is 0.654. The molecule has 1 fully saturated rings. The summed E-state index contributed by atoms with van der Waals surface area (Å²) in [5, 5.41) is 11.2. The van der Waals surface area contributed by atoms with Crippen LogP contribution in [0.15, 0.2) is 43.1 Å². The van der Waals surface area contributed by atoms with Gasteiger partial charge >= 0.3 is 0 Å². The number of imidazole rings is 1. The van der Waals surface area contributed by atoms with E-state index in [1.54, 1.807) is 24.8 Å². The summed E-state index contributed by atoms with van der Waals surface area (Å²) in [4.78, 5) is 38.4. The van der Waals surface area contributed by atoms with Crippen LogP contribution in [-0.4, -0.2) is 79.2 Å². The molecule has 1 aliphatic heterocycles. The molecule has 3 N–H and O–H groups in total. The normalized spacial score (nSPS) is 14.5. The lowest BCUT2D eigenvalue weighted by molar-refractivity contribution is -0.116. The third-order valence-electron chi connectivity index (χ3n) is 6.70. The molecule has 0 aromatic carbocycles. The quantitative estimate of drug-likeness (QED) is 0.326. The lowest BCUT2D eigenvalue weighted by atomic mass is 10.1. The highest BCUT2D eigenvalue weighted by Gasteiger charge is 2.20. The standard InChI is InChI=1S/C26H28N10O/c1-3-4-22(37)30-18-9-16(11-27-13-18)17-10-19-23(33-34-25(19)29-12-17)26-31-20-14-28-15-21(24(20)32-26)36-7-5-35(2)6-8-36/h9-15H,3-8H2,1-2H3,(H,30,37)(H,31,32)(H,29,33,34). The largest absolute Gasteiger partial charge is 0.366 e. The predicted octanol–water partition coefficient (Wildman–Crippen LogP) is 3.45. The Labute approximate surface area is 213 Å². The van der Waals surface area contributed by atoms with Crippen LogP contribution in [0.1, 0.15) is 19.8 Å². The minimum atomic E-state index is -0.0255. The summed E-state index contributed by atoms with van der Waals surface area (Å²) in [6.07, 6.45) is 10.1. The van der Waals surface area contributed by atoms with Gasteiger partial charge in [0.2, 0.25) is 5.91 Å². The van der Waals surface area contributed by atoms with E-state index < -0.39 is 0 Å². The average molecular weight is 497 g/mol. The minimum absolute atomic E-state index is 0.0255. The summed E-state index contributed by atoms with van der Waals surface area (Å²) < 4.78 is 0. The molecule has 11 heteroatoms. The molecule has 5 aromatic rings. The van der Waals surface area contributed by atoms with Gasteiger partial charge in [-0.3, -0.25) is 19.9 Å². The first-order chi connectivity index (χ1) is 18.1. The number of fused-ring (bicyclic) bond motifs is 2. The molecule has 1 saturated heterocycles. The van der Waals surface area contributed by atoms with E-state index in [4.69, 9.17) is 4.98 Å². The van der Waals surface area contributed by atoms with Crippen LogP contribution >= 0.6 is 0 Å². The maximum absolute atomic E-state index is 12.0. The van der Waals surface area contributed by atoms with Crippen molar-refractivity contribution in [3.8, 4) is 22.6 Å². The molecule has 6 heterocycles. The van der Waals surface area contributed by atoms with Gasteiger partial charge in [-0.1, -0.05) is 6.92 Å². The molecule has 0 aliphatic carbocycles. The summed E-state index contributed by atoms with van der Waals surface area (Å²) in [6.45, 7) is 5.86. The highest BCUT2D eigenvalue weighted by atomic mass is 16.1. The number of pyridine rings is 3. The SMILES string of the molecule is CCCC(=O)Nc1cncc(-c2cnc3n[nH]c(-c4nc5c(N6CCN(C)CC6)cncc5[nH]4)c3c2)c1. The topological polar surface area (TPSA) is 132 Å². The van der Waals surface area contributed by atoms with Gasteiger partial charge in [-0.25, -0.2) is 9.97 Å². The van der Waals surface area contributed by atoms with E-state index >= 15 is 0 Å². The van der Waals surface area contributed by atoms with Crippen LogP contribution in [0.25, 0.3) is 44.7 Å². The van der Waals surface area contributed by atoms with Crippen LogP contribution < -0.4 is 10.2 Å². The van der Waals surface area contributed by atoms with Gasteiger partial charge in [0, 0.05) is 56.1 Å². The van der Waals surface area contributed by atoms with E-state index in [1.165, 1.54) is 0 Å². The number of carbonyl (C=O) groups is 1. The van der Waals surface area contributed by atoms with E-state index in [9.17, 15) is 4.79 Å². The van der Waals surface area contributed by atoms with Gasteiger partial charge in [-0.15, -0.1) is 0 Å². The van der Waals surface area contributed by atoms with E-state index in [1.807, 2.05) is 25.3 Å². The van der Waals surface area contributed by atoms with Gasteiger partial charge in [0.05, 0.1) is 40.9 Å². The van der Waals surface area contributed by atoms with Crippen LogP contribution in [0.2, 0.25) is 0 Å². The number of rotatable bonds is 6. The number of hydrogen-bond acceptors (Lipinski definition) is 8. The number of anilines is 2. The smallest absolute Gasteiger partial charge is 0.224 e. The number of H-pyrrole nitrogens is 2. The van der Waals surface area contributed by atoms with Gasteiger partial charge in [0.15, 0.2) is 11.5 Å². The number of likely N-dealkylation sites (N-methyl/N-ethyl adjacent to an activating group) is 1. The van der Waals surface area contributed by atoms with E-state index in [2.05, 4.69) is 52.3 Å². The molecular formula is C26H28N10O. The van der Waals surface area contributed by atoms with Crippen LogP contribution in [0, 0.1) is 0 Å². The summed E-state index contributed by atoms with van der Waals surface area (Å²) in [7, 11) is 2.14. The molecule has 0 spiro atoms. The molecule has 0 unspecified atom stereocenters. The first-order valence-corrected chi connectivity index (χ1v) is 12.5. The van der Waals surface area contributed by atoms with Gasteiger partial charge in [0.25, 0.3) is 0 Å². The van der Waals surface area contributed by atoms with Gasteiger partial charge in [-0.05, 0) is 25.6 Å². The van der Waals surface area contributed by atoms with Crippen molar-refractivity contribution in [2.24, 2.45) is 0 Å². The zero-order chi connectivity index (χ0) is 25.4. The highest BCUT2D eigenvalue weighted by Crippen LogP contribution is 2.32. The fraction of sp³-hybridized carbons (Fsp3) is 0.308. The first kappa shape index (κ1) is 23.0. The Morgan fingerprint density at radius 3 is 2.68 bits per heavy atom. The number of aromatic nitrogens is 7. The van der Waals surface area contributed by atoms with Crippen molar-refractivity contribution >= 4 is 39.3 Å².